The number of aromatic nitrogens is 2. The third kappa shape index (κ3) is 4.63. The fraction of sp³-hybridized carbons (Fsp3) is 0.571. The monoisotopic (exact) mass is 341 g/mol. The van der Waals surface area contributed by atoms with Gasteiger partial charge in [0.25, 0.3) is 0 Å². The SMILES string of the molecule is Cc1cc(C(C)(C)C)n(-c2ccc(OCCCN3CCCC3)cc2)n1. The Morgan fingerprint density at radius 2 is 1.76 bits per heavy atom. The second kappa shape index (κ2) is 7.61. The quantitative estimate of drug-likeness (QED) is 0.732. The lowest BCUT2D eigenvalue weighted by molar-refractivity contribution is 0.263. The number of ether oxygens (including phenoxy) is 1. The molecule has 1 aliphatic heterocycles. The van der Waals surface area contributed by atoms with E-state index in [0.29, 0.717) is 0 Å². The number of hydrogen-bond donors (Lipinski definition) is 0. The smallest absolute Gasteiger partial charge is 0.119 e. The maximum atomic E-state index is 5.90. The van der Waals surface area contributed by atoms with E-state index in [2.05, 4.69) is 61.1 Å². The zero-order valence-corrected chi connectivity index (χ0v) is 16.1. The van der Waals surface area contributed by atoms with Crippen molar-refractivity contribution in [2.75, 3.05) is 26.2 Å². The van der Waals surface area contributed by atoms with Crippen molar-refractivity contribution >= 4 is 0 Å². The summed E-state index contributed by atoms with van der Waals surface area (Å²) >= 11 is 0. The minimum Gasteiger partial charge on any atom is -0.494 e. The molecular weight excluding hydrogens is 310 g/mol. The molecule has 4 nitrogen and oxygen atoms in total. The molecule has 4 heteroatoms. The molecular formula is C21H31N3O. The Kier molecular flexibility index (Phi) is 5.48. The number of rotatable bonds is 6. The number of likely N-dealkylation sites (tertiary alicyclic amines) is 1. The lowest BCUT2D eigenvalue weighted by Crippen LogP contribution is -2.21. The van der Waals surface area contributed by atoms with Crippen molar-refractivity contribution in [3.05, 3.63) is 41.7 Å². The van der Waals surface area contributed by atoms with Gasteiger partial charge in [0, 0.05) is 17.7 Å². The summed E-state index contributed by atoms with van der Waals surface area (Å²) < 4.78 is 7.95. The Labute approximate surface area is 151 Å². The molecule has 1 aliphatic rings. The summed E-state index contributed by atoms with van der Waals surface area (Å²) in [6.45, 7) is 13.2. The standard InChI is InChI=1S/C21H31N3O/c1-17-16-20(21(2,3)4)24(22-17)18-8-10-19(11-9-18)25-15-7-14-23-12-5-6-13-23/h8-11,16H,5-7,12-15H2,1-4H3. The van der Waals surface area contributed by atoms with Crippen LogP contribution in [0.25, 0.3) is 5.69 Å². The largest absolute Gasteiger partial charge is 0.494 e. The highest BCUT2D eigenvalue weighted by atomic mass is 16.5. The molecule has 25 heavy (non-hydrogen) atoms. The van der Waals surface area contributed by atoms with E-state index in [-0.39, 0.29) is 5.41 Å². The predicted octanol–water partition coefficient (Wildman–Crippen LogP) is 4.34. The van der Waals surface area contributed by atoms with Crippen LogP contribution in [0.15, 0.2) is 30.3 Å². The topological polar surface area (TPSA) is 30.3 Å². The van der Waals surface area contributed by atoms with Crippen LogP contribution in [0, 0.1) is 6.92 Å². The number of aryl methyl sites for hydroxylation is 1. The first kappa shape index (κ1) is 18.0. The molecule has 0 saturated carbocycles. The molecule has 0 amide bonds. The van der Waals surface area contributed by atoms with E-state index in [9.17, 15) is 0 Å². The fourth-order valence-corrected chi connectivity index (χ4v) is 3.40. The second-order valence-corrected chi connectivity index (χ2v) is 8.08. The van der Waals surface area contributed by atoms with E-state index in [0.717, 1.165) is 36.7 Å². The van der Waals surface area contributed by atoms with E-state index in [1.54, 1.807) is 0 Å². The fourth-order valence-electron chi connectivity index (χ4n) is 3.40. The first-order valence-electron chi connectivity index (χ1n) is 9.46. The van der Waals surface area contributed by atoms with E-state index in [1.165, 1.54) is 31.6 Å². The molecule has 1 fully saturated rings. The summed E-state index contributed by atoms with van der Waals surface area (Å²) in [5.41, 5.74) is 3.42. The van der Waals surface area contributed by atoms with Crippen molar-refractivity contribution in [2.45, 2.75) is 52.4 Å². The molecule has 3 rings (SSSR count). The first-order valence-corrected chi connectivity index (χ1v) is 9.46. The van der Waals surface area contributed by atoms with Gasteiger partial charge in [-0.3, -0.25) is 0 Å². The summed E-state index contributed by atoms with van der Waals surface area (Å²) in [6.07, 6.45) is 3.80. The van der Waals surface area contributed by atoms with Crippen LogP contribution in [0.4, 0.5) is 0 Å². The van der Waals surface area contributed by atoms with Crippen molar-refractivity contribution in [3.8, 4) is 11.4 Å². The van der Waals surface area contributed by atoms with E-state index >= 15 is 0 Å². The van der Waals surface area contributed by atoms with Crippen LogP contribution < -0.4 is 4.74 Å². The molecule has 1 saturated heterocycles. The van der Waals surface area contributed by atoms with Gasteiger partial charge in [-0.05, 0) is 69.6 Å². The van der Waals surface area contributed by atoms with Crippen LogP contribution >= 0.6 is 0 Å². The summed E-state index contributed by atoms with van der Waals surface area (Å²) in [7, 11) is 0. The molecule has 1 aromatic carbocycles. The highest BCUT2D eigenvalue weighted by Gasteiger charge is 2.20. The third-order valence-corrected chi connectivity index (χ3v) is 4.77. The Bertz CT molecular complexity index is 676. The van der Waals surface area contributed by atoms with Crippen molar-refractivity contribution in [2.24, 2.45) is 0 Å². The molecule has 0 aliphatic carbocycles. The Balaban J connectivity index is 1.59. The predicted molar refractivity (Wildman–Crippen MR) is 103 cm³/mol. The Morgan fingerprint density at radius 3 is 2.40 bits per heavy atom. The molecule has 0 radical (unpaired) electrons. The van der Waals surface area contributed by atoms with Gasteiger partial charge in [-0.25, -0.2) is 4.68 Å². The van der Waals surface area contributed by atoms with Crippen LogP contribution in [-0.2, 0) is 5.41 Å². The molecule has 136 valence electrons. The van der Waals surface area contributed by atoms with E-state index in [1.807, 2.05) is 11.6 Å². The van der Waals surface area contributed by atoms with Crippen molar-refractivity contribution in [1.82, 2.24) is 14.7 Å². The third-order valence-electron chi connectivity index (χ3n) is 4.77. The molecule has 0 bridgehead atoms. The summed E-state index contributed by atoms with van der Waals surface area (Å²) in [4.78, 5) is 2.53. The maximum Gasteiger partial charge on any atom is 0.119 e. The molecule has 1 aromatic heterocycles. The van der Waals surface area contributed by atoms with Crippen LogP contribution in [0.2, 0.25) is 0 Å². The van der Waals surface area contributed by atoms with Crippen LogP contribution in [-0.4, -0.2) is 40.9 Å². The lowest BCUT2D eigenvalue weighted by Gasteiger charge is -2.20. The molecule has 0 spiro atoms. The van der Waals surface area contributed by atoms with Gasteiger partial charge in [-0.2, -0.15) is 5.10 Å². The Hall–Kier alpha value is -1.81. The van der Waals surface area contributed by atoms with Crippen molar-refractivity contribution in [3.63, 3.8) is 0 Å². The number of benzene rings is 1. The summed E-state index contributed by atoms with van der Waals surface area (Å²) in [5, 5.41) is 4.67. The van der Waals surface area contributed by atoms with Crippen LogP contribution in [0.5, 0.6) is 5.75 Å². The second-order valence-electron chi connectivity index (χ2n) is 8.08. The van der Waals surface area contributed by atoms with Gasteiger partial charge in [0.1, 0.15) is 5.75 Å². The average Bonchev–Trinajstić information content (AvgIpc) is 3.21. The minimum atomic E-state index is 0.0615. The maximum absolute atomic E-state index is 5.90. The van der Waals surface area contributed by atoms with Gasteiger partial charge in [-0.1, -0.05) is 20.8 Å². The lowest BCUT2D eigenvalue weighted by atomic mass is 9.92. The van der Waals surface area contributed by atoms with Gasteiger partial charge in [0.15, 0.2) is 0 Å². The van der Waals surface area contributed by atoms with Crippen LogP contribution in [0.1, 0.15) is 51.4 Å². The normalized spacial score (nSPS) is 15.7. The summed E-state index contributed by atoms with van der Waals surface area (Å²) in [6, 6.07) is 10.5. The number of nitrogens with zero attached hydrogens (tertiary/aromatic N) is 3. The number of hydrogen-bond acceptors (Lipinski definition) is 3. The molecule has 0 unspecified atom stereocenters. The van der Waals surface area contributed by atoms with Gasteiger partial charge in [0.2, 0.25) is 0 Å². The Morgan fingerprint density at radius 1 is 1.08 bits per heavy atom. The van der Waals surface area contributed by atoms with Gasteiger partial charge in [-0.15, -0.1) is 0 Å². The van der Waals surface area contributed by atoms with E-state index in [4.69, 9.17) is 4.74 Å². The molecule has 2 aromatic rings. The molecule has 0 atom stereocenters. The van der Waals surface area contributed by atoms with Crippen molar-refractivity contribution < 1.29 is 4.74 Å². The van der Waals surface area contributed by atoms with Crippen LogP contribution in [0.3, 0.4) is 0 Å². The average molecular weight is 341 g/mol. The zero-order valence-electron chi connectivity index (χ0n) is 16.1. The minimum absolute atomic E-state index is 0.0615. The van der Waals surface area contributed by atoms with Gasteiger partial charge < -0.3 is 9.64 Å². The van der Waals surface area contributed by atoms with E-state index < -0.39 is 0 Å². The summed E-state index contributed by atoms with van der Waals surface area (Å²) in [5.74, 6) is 0.936. The zero-order chi connectivity index (χ0) is 17.9. The van der Waals surface area contributed by atoms with Gasteiger partial charge >= 0.3 is 0 Å². The molecule has 2 heterocycles. The van der Waals surface area contributed by atoms with Crippen molar-refractivity contribution in [1.29, 1.82) is 0 Å². The molecule has 0 N–H and O–H groups in total. The van der Waals surface area contributed by atoms with Gasteiger partial charge in [0.05, 0.1) is 18.0 Å². The highest BCUT2D eigenvalue weighted by molar-refractivity contribution is 5.39. The highest BCUT2D eigenvalue weighted by Crippen LogP contribution is 2.26. The first-order chi connectivity index (χ1) is 11.9.